The highest BCUT2D eigenvalue weighted by Crippen LogP contribution is 2.33. The standard InChI is InChI=1S/C12H14Br2F3NO/c1-2-3-18(7-12(15,16)17)6-8-4-9(13)11(19)10(14)5-8/h4-5,19H,2-3,6-7H2,1H3. The lowest BCUT2D eigenvalue weighted by molar-refractivity contribution is -0.147. The van der Waals surface area contributed by atoms with Crippen LogP contribution in [-0.2, 0) is 6.54 Å². The summed E-state index contributed by atoms with van der Waals surface area (Å²) >= 11 is 6.33. The van der Waals surface area contributed by atoms with Gasteiger partial charge < -0.3 is 5.11 Å². The van der Waals surface area contributed by atoms with E-state index in [1.54, 1.807) is 12.1 Å². The first-order valence-electron chi connectivity index (χ1n) is 5.69. The van der Waals surface area contributed by atoms with Gasteiger partial charge in [0.05, 0.1) is 15.5 Å². The number of nitrogens with zero attached hydrogens (tertiary/aromatic N) is 1. The fraction of sp³-hybridized carbons (Fsp3) is 0.500. The monoisotopic (exact) mass is 403 g/mol. The highest BCUT2D eigenvalue weighted by atomic mass is 79.9. The Balaban J connectivity index is 2.84. The topological polar surface area (TPSA) is 23.5 Å². The number of halogens is 5. The van der Waals surface area contributed by atoms with Crippen molar-refractivity contribution < 1.29 is 18.3 Å². The molecule has 0 saturated carbocycles. The van der Waals surface area contributed by atoms with Crippen molar-refractivity contribution in [2.75, 3.05) is 13.1 Å². The molecule has 1 aromatic carbocycles. The lowest BCUT2D eigenvalue weighted by Gasteiger charge is -2.23. The zero-order valence-electron chi connectivity index (χ0n) is 10.3. The molecule has 0 aliphatic rings. The van der Waals surface area contributed by atoms with Crippen LogP contribution in [0.4, 0.5) is 13.2 Å². The Hall–Kier alpha value is -0.270. The molecule has 1 rings (SSSR count). The maximum atomic E-state index is 12.5. The Morgan fingerprint density at radius 2 is 1.74 bits per heavy atom. The molecule has 0 atom stereocenters. The SMILES string of the molecule is CCCN(Cc1cc(Br)c(O)c(Br)c1)CC(F)(F)F. The summed E-state index contributed by atoms with van der Waals surface area (Å²) in [7, 11) is 0. The zero-order valence-corrected chi connectivity index (χ0v) is 13.4. The van der Waals surface area contributed by atoms with E-state index in [1.807, 2.05) is 6.92 Å². The maximum absolute atomic E-state index is 12.5. The van der Waals surface area contributed by atoms with Crippen LogP contribution in [0.1, 0.15) is 18.9 Å². The minimum Gasteiger partial charge on any atom is -0.506 e. The number of phenolic OH excluding ortho intramolecular Hbond substituents is 1. The molecule has 0 heterocycles. The molecule has 2 nitrogen and oxygen atoms in total. The summed E-state index contributed by atoms with van der Waals surface area (Å²) in [6.45, 7) is 1.46. The van der Waals surface area contributed by atoms with E-state index in [2.05, 4.69) is 31.9 Å². The van der Waals surface area contributed by atoms with Crippen LogP contribution in [0.5, 0.6) is 5.75 Å². The van der Waals surface area contributed by atoms with Crippen LogP contribution in [0.25, 0.3) is 0 Å². The van der Waals surface area contributed by atoms with Crippen molar-refractivity contribution in [3.05, 3.63) is 26.6 Å². The summed E-state index contributed by atoms with van der Waals surface area (Å²) in [4.78, 5) is 1.34. The number of aromatic hydroxyl groups is 1. The summed E-state index contributed by atoms with van der Waals surface area (Å²) < 4.78 is 38.3. The van der Waals surface area contributed by atoms with Gasteiger partial charge in [0.25, 0.3) is 0 Å². The highest BCUT2D eigenvalue weighted by Gasteiger charge is 2.30. The first-order chi connectivity index (χ1) is 8.73. The van der Waals surface area contributed by atoms with E-state index >= 15 is 0 Å². The zero-order chi connectivity index (χ0) is 14.6. The number of phenols is 1. The van der Waals surface area contributed by atoms with Crippen LogP contribution in [0, 0.1) is 0 Å². The Morgan fingerprint density at radius 3 is 2.16 bits per heavy atom. The maximum Gasteiger partial charge on any atom is 0.401 e. The number of hydrogen-bond donors (Lipinski definition) is 1. The van der Waals surface area contributed by atoms with E-state index in [4.69, 9.17) is 0 Å². The summed E-state index contributed by atoms with van der Waals surface area (Å²) in [5.41, 5.74) is 0.703. The number of rotatable bonds is 5. The van der Waals surface area contributed by atoms with Crippen LogP contribution in [-0.4, -0.2) is 29.3 Å². The van der Waals surface area contributed by atoms with Crippen molar-refractivity contribution in [3.8, 4) is 5.75 Å². The van der Waals surface area contributed by atoms with Gasteiger partial charge in [-0.2, -0.15) is 13.2 Å². The van der Waals surface area contributed by atoms with Crippen LogP contribution in [0.3, 0.4) is 0 Å². The molecule has 1 aromatic rings. The number of alkyl halides is 3. The molecule has 19 heavy (non-hydrogen) atoms. The van der Waals surface area contributed by atoms with E-state index in [0.717, 1.165) is 0 Å². The largest absolute Gasteiger partial charge is 0.506 e. The van der Waals surface area contributed by atoms with Crippen molar-refractivity contribution in [3.63, 3.8) is 0 Å². The third kappa shape index (κ3) is 5.71. The second kappa shape index (κ2) is 6.95. The minimum absolute atomic E-state index is 0.0432. The molecule has 0 aliphatic carbocycles. The van der Waals surface area contributed by atoms with Gasteiger partial charge in [-0.05, 0) is 62.5 Å². The van der Waals surface area contributed by atoms with Crippen LogP contribution < -0.4 is 0 Å². The predicted molar refractivity (Wildman–Crippen MR) is 75.1 cm³/mol. The van der Waals surface area contributed by atoms with Crippen molar-refractivity contribution in [2.45, 2.75) is 26.1 Å². The van der Waals surface area contributed by atoms with Gasteiger partial charge in [0.2, 0.25) is 0 Å². The predicted octanol–water partition coefficient (Wildman–Crippen LogP) is 4.69. The first-order valence-corrected chi connectivity index (χ1v) is 7.27. The third-order valence-electron chi connectivity index (χ3n) is 2.43. The van der Waals surface area contributed by atoms with Crippen molar-refractivity contribution >= 4 is 31.9 Å². The van der Waals surface area contributed by atoms with Gasteiger partial charge >= 0.3 is 6.18 Å². The van der Waals surface area contributed by atoms with Gasteiger partial charge in [-0.3, -0.25) is 4.90 Å². The fourth-order valence-corrected chi connectivity index (χ4v) is 3.03. The molecule has 108 valence electrons. The molecule has 0 aliphatic heterocycles. The second-order valence-corrected chi connectivity index (χ2v) is 5.94. The van der Waals surface area contributed by atoms with Gasteiger partial charge in [0.15, 0.2) is 0 Å². The van der Waals surface area contributed by atoms with Crippen LogP contribution >= 0.6 is 31.9 Å². The molecule has 0 bridgehead atoms. The Bertz CT molecular complexity index is 414. The molecule has 0 fully saturated rings. The lowest BCUT2D eigenvalue weighted by atomic mass is 10.2. The second-order valence-electron chi connectivity index (χ2n) is 4.23. The molecular formula is C12H14Br2F3NO. The van der Waals surface area contributed by atoms with E-state index in [-0.39, 0.29) is 12.3 Å². The highest BCUT2D eigenvalue weighted by molar-refractivity contribution is 9.11. The third-order valence-corrected chi connectivity index (χ3v) is 3.63. The molecule has 1 N–H and O–H groups in total. The Labute approximate surface area is 126 Å². The van der Waals surface area contributed by atoms with Crippen molar-refractivity contribution in [1.82, 2.24) is 4.90 Å². The quantitative estimate of drug-likeness (QED) is 0.769. The normalized spacial score (nSPS) is 12.2. The summed E-state index contributed by atoms with van der Waals surface area (Å²) in [5, 5.41) is 9.57. The lowest BCUT2D eigenvalue weighted by Crippen LogP contribution is -2.34. The summed E-state index contributed by atoms with van der Waals surface area (Å²) in [6.07, 6.45) is -3.56. The first kappa shape index (κ1) is 16.8. The number of hydrogen-bond acceptors (Lipinski definition) is 2. The average Bonchev–Trinajstić information content (AvgIpc) is 2.23. The van der Waals surface area contributed by atoms with Gasteiger partial charge in [0.1, 0.15) is 5.75 Å². The number of benzene rings is 1. The van der Waals surface area contributed by atoms with Crippen molar-refractivity contribution in [2.24, 2.45) is 0 Å². The van der Waals surface area contributed by atoms with E-state index < -0.39 is 12.7 Å². The molecule has 0 radical (unpaired) electrons. The van der Waals surface area contributed by atoms with Gasteiger partial charge in [-0.1, -0.05) is 6.92 Å². The molecule has 7 heteroatoms. The minimum atomic E-state index is -4.21. The molecular weight excluding hydrogens is 391 g/mol. The van der Waals surface area contributed by atoms with Gasteiger partial charge in [0, 0.05) is 6.54 Å². The smallest absolute Gasteiger partial charge is 0.401 e. The fourth-order valence-electron chi connectivity index (χ4n) is 1.75. The Morgan fingerprint density at radius 1 is 1.21 bits per heavy atom. The molecule has 0 amide bonds. The molecule has 0 saturated heterocycles. The summed E-state index contributed by atoms with van der Waals surface area (Å²) in [6, 6.07) is 3.25. The molecule has 0 spiro atoms. The molecule has 0 aromatic heterocycles. The van der Waals surface area contributed by atoms with Crippen LogP contribution in [0.15, 0.2) is 21.1 Å². The van der Waals surface area contributed by atoms with E-state index in [1.165, 1.54) is 4.90 Å². The van der Waals surface area contributed by atoms with Gasteiger partial charge in [-0.15, -0.1) is 0 Å². The summed E-state index contributed by atoms with van der Waals surface area (Å²) in [5.74, 6) is 0.0432. The van der Waals surface area contributed by atoms with E-state index in [9.17, 15) is 18.3 Å². The van der Waals surface area contributed by atoms with Gasteiger partial charge in [-0.25, -0.2) is 0 Å². The average molecular weight is 405 g/mol. The van der Waals surface area contributed by atoms with Crippen LogP contribution in [0.2, 0.25) is 0 Å². The molecule has 0 unspecified atom stereocenters. The Kier molecular flexibility index (Phi) is 6.14. The van der Waals surface area contributed by atoms with E-state index in [0.29, 0.717) is 27.5 Å². The van der Waals surface area contributed by atoms with Crippen molar-refractivity contribution in [1.29, 1.82) is 0 Å².